The number of rotatable bonds is 4. The number of nitrogens with one attached hydrogen (secondary N) is 1. The molecule has 0 radical (unpaired) electrons. The van der Waals surface area contributed by atoms with Gasteiger partial charge in [0.1, 0.15) is 11.4 Å². The van der Waals surface area contributed by atoms with Gasteiger partial charge >= 0.3 is 5.97 Å². The molecule has 2 rings (SSSR count). The molecule has 0 amide bonds. The molecule has 0 saturated carbocycles. The third-order valence-electron chi connectivity index (χ3n) is 3.41. The molecule has 1 N–H and O–H groups in total. The first-order valence-corrected chi connectivity index (χ1v) is 5.88. The number of hydrogen-bond donors (Lipinski definition) is 1. The molecule has 1 aliphatic carbocycles. The summed E-state index contributed by atoms with van der Waals surface area (Å²) in [6, 6.07) is 4.81. The monoisotopic (exact) mass is 249 g/mol. The second kappa shape index (κ2) is 4.90. The first-order valence-electron chi connectivity index (χ1n) is 5.88. The van der Waals surface area contributed by atoms with Gasteiger partial charge < -0.3 is 4.74 Å². The van der Waals surface area contributed by atoms with Crippen LogP contribution in [0.2, 0.25) is 0 Å². The molecule has 3 nitrogen and oxygen atoms in total. The zero-order chi connectivity index (χ0) is 13.2. The van der Waals surface area contributed by atoms with Crippen LogP contribution in [0, 0.1) is 5.82 Å². The Kier molecular flexibility index (Phi) is 3.48. The molecule has 0 heterocycles. The van der Waals surface area contributed by atoms with Crippen molar-refractivity contribution in [2.24, 2.45) is 0 Å². The third kappa shape index (κ3) is 1.82. The molecule has 0 bridgehead atoms. The Morgan fingerprint density at radius 1 is 1.67 bits per heavy atom. The second-order valence-corrected chi connectivity index (χ2v) is 4.33. The van der Waals surface area contributed by atoms with Crippen molar-refractivity contribution in [2.45, 2.75) is 18.4 Å². The van der Waals surface area contributed by atoms with Gasteiger partial charge in [-0.25, -0.2) is 9.18 Å². The molecule has 96 valence electrons. The Hall–Kier alpha value is -1.68. The van der Waals surface area contributed by atoms with Crippen molar-refractivity contribution in [3.63, 3.8) is 0 Å². The second-order valence-electron chi connectivity index (χ2n) is 4.33. The summed E-state index contributed by atoms with van der Waals surface area (Å²) >= 11 is 0. The molecule has 0 aromatic heterocycles. The Morgan fingerprint density at radius 2 is 2.44 bits per heavy atom. The number of carbonyl (C=O) groups is 1. The van der Waals surface area contributed by atoms with Crippen LogP contribution >= 0.6 is 0 Å². The summed E-state index contributed by atoms with van der Waals surface area (Å²) < 4.78 is 18.6. The molecule has 1 aromatic carbocycles. The summed E-state index contributed by atoms with van der Waals surface area (Å²) in [7, 11) is 1.34. The number of methoxy groups -OCH3 is 1. The fourth-order valence-electron chi connectivity index (χ4n) is 2.55. The fourth-order valence-corrected chi connectivity index (χ4v) is 2.55. The summed E-state index contributed by atoms with van der Waals surface area (Å²) in [6.07, 6.45) is 2.70. The summed E-state index contributed by atoms with van der Waals surface area (Å²) in [5, 5.41) is 3.12. The van der Waals surface area contributed by atoms with E-state index >= 15 is 0 Å². The van der Waals surface area contributed by atoms with Crippen LogP contribution in [-0.2, 0) is 21.5 Å². The van der Waals surface area contributed by atoms with Crippen molar-refractivity contribution >= 4 is 5.97 Å². The molecule has 4 heteroatoms. The van der Waals surface area contributed by atoms with Crippen molar-refractivity contribution in [1.82, 2.24) is 5.32 Å². The van der Waals surface area contributed by atoms with Crippen molar-refractivity contribution in [2.75, 3.05) is 13.7 Å². The smallest absolute Gasteiger partial charge is 0.330 e. The predicted molar refractivity (Wildman–Crippen MR) is 66.6 cm³/mol. The Morgan fingerprint density at radius 3 is 3.11 bits per heavy atom. The summed E-state index contributed by atoms with van der Waals surface area (Å²) in [6.45, 7) is 4.09. The number of fused-ring (bicyclic) bond motifs is 1. The van der Waals surface area contributed by atoms with Crippen LogP contribution < -0.4 is 5.32 Å². The highest BCUT2D eigenvalue weighted by Crippen LogP contribution is 2.39. The highest BCUT2D eigenvalue weighted by molar-refractivity contribution is 5.84. The zero-order valence-electron chi connectivity index (χ0n) is 10.3. The lowest BCUT2D eigenvalue weighted by atomic mass is 9.91. The highest BCUT2D eigenvalue weighted by atomic mass is 19.1. The number of esters is 1. The molecule has 0 saturated heterocycles. The van der Waals surface area contributed by atoms with Gasteiger partial charge in [0.25, 0.3) is 0 Å². The SMILES string of the molecule is C=CCNC1(C(=O)OC)CCc2c(F)cccc21. The quantitative estimate of drug-likeness (QED) is 0.654. The first kappa shape index (κ1) is 12.8. The molecular formula is C14H16FNO2. The molecule has 0 fully saturated rings. The van der Waals surface area contributed by atoms with Gasteiger partial charge in [-0.2, -0.15) is 0 Å². The van der Waals surface area contributed by atoms with Gasteiger partial charge in [0.15, 0.2) is 0 Å². The molecule has 1 aromatic rings. The van der Waals surface area contributed by atoms with Gasteiger partial charge in [-0.05, 0) is 30.0 Å². The van der Waals surface area contributed by atoms with Crippen LogP contribution in [0.3, 0.4) is 0 Å². The van der Waals surface area contributed by atoms with Crippen LogP contribution in [0.15, 0.2) is 30.9 Å². The Labute approximate surface area is 106 Å². The summed E-state index contributed by atoms with van der Waals surface area (Å²) in [5.41, 5.74) is 0.330. The average Bonchev–Trinajstić information content (AvgIpc) is 2.77. The third-order valence-corrected chi connectivity index (χ3v) is 3.41. The molecule has 1 unspecified atom stereocenters. The van der Waals surface area contributed by atoms with Gasteiger partial charge in [-0.3, -0.25) is 5.32 Å². The number of hydrogen-bond acceptors (Lipinski definition) is 3. The number of carbonyl (C=O) groups excluding carboxylic acids is 1. The van der Waals surface area contributed by atoms with Crippen LogP contribution in [0.25, 0.3) is 0 Å². The topological polar surface area (TPSA) is 38.3 Å². The van der Waals surface area contributed by atoms with Gasteiger partial charge in [0.05, 0.1) is 7.11 Å². The van der Waals surface area contributed by atoms with E-state index in [0.29, 0.717) is 30.5 Å². The van der Waals surface area contributed by atoms with Gasteiger partial charge in [0.2, 0.25) is 0 Å². The molecule has 1 aliphatic rings. The maximum absolute atomic E-state index is 13.7. The predicted octanol–water partition coefficient (Wildman–Crippen LogP) is 1.92. The number of ether oxygens (including phenoxy) is 1. The van der Waals surface area contributed by atoms with Crippen LogP contribution in [0.1, 0.15) is 17.5 Å². The first-order chi connectivity index (χ1) is 8.65. The molecular weight excluding hydrogens is 233 g/mol. The van der Waals surface area contributed by atoms with Crippen molar-refractivity contribution in [3.8, 4) is 0 Å². The lowest BCUT2D eigenvalue weighted by Crippen LogP contribution is -2.48. The Balaban J connectivity index is 2.49. The summed E-state index contributed by atoms with van der Waals surface area (Å²) in [4.78, 5) is 12.1. The van der Waals surface area contributed by atoms with E-state index in [0.717, 1.165) is 0 Å². The standard InChI is InChI=1S/C14H16FNO2/c1-3-9-16-14(13(17)18-2)8-7-10-11(14)5-4-6-12(10)15/h3-6,16H,1,7-9H2,2H3. The van der Waals surface area contributed by atoms with Gasteiger partial charge in [-0.1, -0.05) is 18.2 Å². The maximum atomic E-state index is 13.7. The molecule has 0 spiro atoms. The van der Waals surface area contributed by atoms with Crippen molar-refractivity contribution in [1.29, 1.82) is 0 Å². The average molecular weight is 249 g/mol. The van der Waals surface area contributed by atoms with Crippen LogP contribution in [0.4, 0.5) is 4.39 Å². The van der Waals surface area contributed by atoms with E-state index in [1.165, 1.54) is 13.2 Å². The van der Waals surface area contributed by atoms with Crippen LogP contribution in [-0.4, -0.2) is 19.6 Å². The Bertz CT molecular complexity index is 487. The minimum absolute atomic E-state index is 0.265. The van der Waals surface area contributed by atoms with E-state index in [1.54, 1.807) is 18.2 Å². The lowest BCUT2D eigenvalue weighted by Gasteiger charge is -2.28. The van der Waals surface area contributed by atoms with E-state index in [1.807, 2.05) is 0 Å². The highest BCUT2D eigenvalue weighted by Gasteiger charge is 2.46. The van der Waals surface area contributed by atoms with E-state index in [9.17, 15) is 9.18 Å². The number of benzene rings is 1. The lowest BCUT2D eigenvalue weighted by molar-refractivity contribution is -0.149. The van der Waals surface area contributed by atoms with E-state index in [4.69, 9.17) is 4.74 Å². The van der Waals surface area contributed by atoms with E-state index < -0.39 is 5.54 Å². The van der Waals surface area contributed by atoms with Crippen molar-refractivity contribution < 1.29 is 13.9 Å². The maximum Gasteiger partial charge on any atom is 0.330 e. The normalized spacial score (nSPS) is 21.4. The van der Waals surface area contributed by atoms with Gasteiger partial charge in [0, 0.05) is 6.54 Å². The largest absolute Gasteiger partial charge is 0.467 e. The van der Waals surface area contributed by atoms with Crippen LogP contribution in [0.5, 0.6) is 0 Å². The van der Waals surface area contributed by atoms with E-state index in [2.05, 4.69) is 11.9 Å². The molecule has 0 aliphatic heterocycles. The molecule has 1 atom stereocenters. The number of halogens is 1. The molecule has 18 heavy (non-hydrogen) atoms. The summed E-state index contributed by atoms with van der Waals surface area (Å²) in [5.74, 6) is -0.646. The minimum atomic E-state index is -0.944. The van der Waals surface area contributed by atoms with Crippen molar-refractivity contribution in [3.05, 3.63) is 47.8 Å². The minimum Gasteiger partial charge on any atom is -0.467 e. The fraction of sp³-hybridized carbons (Fsp3) is 0.357. The zero-order valence-corrected chi connectivity index (χ0v) is 10.3. The van der Waals surface area contributed by atoms with Gasteiger partial charge in [-0.15, -0.1) is 6.58 Å². The van der Waals surface area contributed by atoms with E-state index in [-0.39, 0.29) is 11.8 Å².